The van der Waals surface area contributed by atoms with Gasteiger partial charge in [-0.05, 0) is 25.0 Å². The lowest BCUT2D eigenvalue weighted by molar-refractivity contribution is -0.118. The SMILES string of the molecule is O=C(CCC(=O)c1ccco1)C1=C(C(F)(F)F)CCC=N1. The van der Waals surface area contributed by atoms with Crippen molar-refractivity contribution in [2.75, 3.05) is 0 Å². The highest BCUT2D eigenvalue weighted by atomic mass is 19.4. The minimum Gasteiger partial charge on any atom is -0.461 e. The van der Waals surface area contributed by atoms with Crippen molar-refractivity contribution in [3.63, 3.8) is 0 Å². The number of hydrogen-bond donors (Lipinski definition) is 0. The van der Waals surface area contributed by atoms with Gasteiger partial charge in [0.2, 0.25) is 0 Å². The minimum atomic E-state index is -4.58. The minimum absolute atomic E-state index is 0.0833. The normalized spacial score (nSPS) is 15.4. The summed E-state index contributed by atoms with van der Waals surface area (Å²) in [7, 11) is 0. The summed E-state index contributed by atoms with van der Waals surface area (Å²) in [6.07, 6.45) is -2.63. The Balaban J connectivity index is 2.07. The summed E-state index contributed by atoms with van der Waals surface area (Å²) < 4.78 is 43.3. The maximum Gasteiger partial charge on any atom is 0.414 e. The molecule has 0 amide bonds. The molecule has 0 atom stereocenters. The zero-order valence-electron chi connectivity index (χ0n) is 10.9. The number of Topliss-reactive ketones (excluding diaryl/α,β-unsaturated/α-hetero) is 2. The Labute approximate surface area is 118 Å². The number of allylic oxidation sites excluding steroid dienone is 2. The number of carbonyl (C=O) groups is 2. The van der Waals surface area contributed by atoms with E-state index in [1.54, 1.807) is 0 Å². The largest absolute Gasteiger partial charge is 0.461 e. The summed E-state index contributed by atoms with van der Waals surface area (Å²) >= 11 is 0. The second-order valence-electron chi connectivity index (χ2n) is 4.50. The van der Waals surface area contributed by atoms with Crippen LogP contribution >= 0.6 is 0 Å². The molecule has 0 unspecified atom stereocenters. The summed E-state index contributed by atoms with van der Waals surface area (Å²) in [5.41, 5.74) is -1.50. The van der Waals surface area contributed by atoms with Crippen molar-refractivity contribution >= 4 is 17.8 Å². The molecule has 0 saturated heterocycles. The lowest BCUT2D eigenvalue weighted by atomic mass is 10.00. The molecule has 2 rings (SSSR count). The Morgan fingerprint density at radius 1 is 1.24 bits per heavy atom. The van der Waals surface area contributed by atoms with E-state index < -0.39 is 29.0 Å². The highest BCUT2D eigenvalue weighted by Crippen LogP contribution is 2.34. The first-order valence-corrected chi connectivity index (χ1v) is 6.32. The zero-order chi connectivity index (χ0) is 15.5. The van der Waals surface area contributed by atoms with Crippen LogP contribution in [0.15, 0.2) is 39.1 Å². The summed E-state index contributed by atoms with van der Waals surface area (Å²) in [5.74, 6) is -1.12. The number of halogens is 3. The summed E-state index contributed by atoms with van der Waals surface area (Å²) in [6.45, 7) is 0. The van der Waals surface area contributed by atoms with Crippen LogP contribution in [0.3, 0.4) is 0 Å². The fraction of sp³-hybridized carbons (Fsp3) is 0.357. The number of carbonyl (C=O) groups excluding carboxylic acids is 2. The van der Waals surface area contributed by atoms with E-state index in [1.165, 1.54) is 24.6 Å². The fourth-order valence-corrected chi connectivity index (χ4v) is 1.98. The van der Waals surface area contributed by atoms with Crippen molar-refractivity contribution in [1.29, 1.82) is 0 Å². The third kappa shape index (κ3) is 3.68. The van der Waals surface area contributed by atoms with Crippen LogP contribution in [0.2, 0.25) is 0 Å². The van der Waals surface area contributed by atoms with Crippen molar-refractivity contribution in [2.24, 2.45) is 4.99 Å². The molecule has 0 saturated carbocycles. The van der Waals surface area contributed by atoms with Gasteiger partial charge in [-0.25, -0.2) is 0 Å². The van der Waals surface area contributed by atoms with E-state index in [9.17, 15) is 22.8 Å². The highest BCUT2D eigenvalue weighted by molar-refractivity contribution is 6.02. The van der Waals surface area contributed by atoms with Crippen LogP contribution in [0.5, 0.6) is 0 Å². The summed E-state index contributed by atoms with van der Waals surface area (Å²) in [6, 6.07) is 2.96. The number of rotatable bonds is 5. The molecule has 0 fully saturated rings. The number of hydrogen-bond acceptors (Lipinski definition) is 4. The van der Waals surface area contributed by atoms with Crippen LogP contribution in [-0.4, -0.2) is 24.0 Å². The molecule has 1 aliphatic rings. The van der Waals surface area contributed by atoms with Crippen molar-refractivity contribution in [3.8, 4) is 0 Å². The molecule has 0 bridgehead atoms. The first kappa shape index (κ1) is 15.2. The van der Waals surface area contributed by atoms with E-state index in [-0.39, 0.29) is 31.4 Å². The van der Waals surface area contributed by atoms with Gasteiger partial charge in [0.15, 0.2) is 17.3 Å². The average molecular weight is 299 g/mol. The van der Waals surface area contributed by atoms with Gasteiger partial charge in [0.05, 0.1) is 11.8 Å². The Hall–Kier alpha value is -2.18. The molecular weight excluding hydrogens is 287 g/mol. The van der Waals surface area contributed by atoms with Gasteiger partial charge in [-0.3, -0.25) is 14.6 Å². The highest BCUT2D eigenvalue weighted by Gasteiger charge is 2.38. The second-order valence-corrected chi connectivity index (χ2v) is 4.50. The fourth-order valence-electron chi connectivity index (χ4n) is 1.98. The van der Waals surface area contributed by atoms with Crippen molar-refractivity contribution in [1.82, 2.24) is 0 Å². The van der Waals surface area contributed by atoms with Crippen LogP contribution < -0.4 is 0 Å². The quantitative estimate of drug-likeness (QED) is 0.782. The van der Waals surface area contributed by atoms with Gasteiger partial charge >= 0.3 is 6.18 Å². The molecule has 112 valence electrons. The molecule has 21 heavy (non-hydrogen) atoms. The number of furan rings is 1. The van der Waals surface area contributed by atoms with E-state index >= 15 is 0 Å². The van der Waals surface area contributed by atoms with Crippen LogP contribution in [0, 0.1) is 0 Å². The third-order valence-electron chi connectivity index (χ3n) is 3.01. The van der Waals surface area contributed by atoms with Gasteiger partial charge in [-0.2, -0.15) is 13.2 Å². The van der Waals surface area contributed by atoms with E-state index in [0.29, 0.717) is 0 Å². The van der Waals surface area contributed by atoms with Gasteiger partial charge in [-0.1, -0.05) is 0 Å². The topological polar surface area (TPSA) is 59.6 Å². The molecule has 1 aliphatic heterocycles. The maximum atomic E-state index is 12.8. The van der Waals surface area contributed by atoms with Gasteiger partial charge in [0, 0.05) is 19.1 Å². The first-order chi connectivity index (χ1) is 9.89. The zero-order valence-corrected chi connectivity index (χ0v) is 10.9. The van der Waals surface area contributed by atoms with Gasteiger partial charge in [0.25, 0.3) is 0 Å². The van der Waals surface area contributed by atoms with Gasteiger partial charge in [0.1, 0.15) is 5.70 Å². The monoisotopic (exact) mass is 299 g/mol. The predicted molar refractivity (Wildman–Crippen MR) is 68.1 cm³/mol. The Morgan fingerprint density at radius 2 is 1.95 bits per heavy atom. The van der Waals surface area contributed by atoms with Crippen LogP contribution in [0.25, 0.3) is 0 Å². The molecule has 0 spiro atoms. The molecule has 4 nitrogen and oxygen atoms in total. The maximum absolute atomic E-state index is 12.8. The van der Waals surface area contributed by atoms with E-state index in [0.717, 1.165) is 0 Å². The van der Waals surface area contributed by atoms with Gasteiger partial charge in [-0.15, -0.1) is 0 Å². The lowest BCUT2D eigenvalue weighted by Crippen LogP contribution is -2.20. The van der Waals surface area contributed by atoms with Crippen LogP contribution in [-0.2, 0) is 4.79 Å². The van der Waals surface area contributed by atoms with Crippen LogP contribution in [0.1, 0.15) is 36.2 Å². The van der Waals surface area contributed by atoms with Crippen LogP contribution in [0.4, 0.5) is 13.2 Å². The Kier molecular flexibility index (Phi) is 4.40. The Bertz CT molecular complexity index is 597. The predicted octanol–water partition coefficient (Wildman–Crippen LogP) is 3.49. The molecule has 1 aromatic heterocycles. The molecule has 7 heteroatoms. The second kappa shape index (κ2) is 6.07. The average Bonchev–Trinajstić information content (AvgIpc) is 2.97. The third-order valence-corrected chi connectivity index (χ3v) is 3.01. The number of alkyl halides is 3. The van der Waals surface area contributed by atoms with Gasteiger partial charge < -0.3 is 4.42 Å². The molecule has 0 aromatic carbocycles. The molecule has 0 aliphatic carbocycles. The van der Waals surface area contributed by atoms with E-state index in [4.69, 9.17) is 4.42 Å². The summed E-state index contributed by atoms with van der Waals surface area (Å²) in [5, 5.41) is 0. The van der Waals surface area contributed by atoms with Crippen molar-refractivity contribution in [2.45, 2.75) is 31.9 Å². The van der Waals surface area contributed by atoms with E-state index in [1.807, 2.05) is 0 Å². The van der Waals surface area contributed by atoms with Crippen molar-refractivity contribution in [3.05, 3.63) is 35.4 Å². The first-order valence-electron chi connectivity index (χ1n) is 6.32. The van der Waals surface area contributed by atoms with E-state index in [2.05, 4.69) is 4.99 Å². The lowest BCUT2D eigenvalue weighted by Gasteiger charge is -2.16. The van der Waals surface area contributed by atoms with Crippen molar-refractivity contribution < 1.29 is 27.2 Å². The molecule has 0 radical (unpaired) electrons. The molecule has 2 heterocycles. The number of aliphatic imine (C=N–C) groups is 1. The summed E-state index contributed by atoms with van der Waals surface area (Å²) in [4.78, 5) is 27.1. The number of ketones is 2. The standard InChI is InChI=1S/C14H12F3NO3/c15-14(16,17)9-3-1-7-18-13(9)11(20)6-5-10(19)12-4-2-8-21-12/h2,4,7-8H,1,3,5-6H2. The molecular formula is C14H12F3NO3. The molecule has 1 aromatic rings. The smallest absolute Gasteiger partial charge is 0.414 e. The Morgan fingerprint density at radius 3 is 2.57 bits per heavy atom. The molecule has 0 N–H and O–H groups in total. The number of nitrogens with zero attached hydrogens (tertiary/aromatic N) is 1.